The first-order valence-electron chi connectivity index (χ1n) is 11.8. The number of ketones is 2. The van der Waals surface area contributed by atoms with E-state index in [1.165, 1.54) is 0 Å². The summed E-state index contributed by atoms with van der Waals surface area (Å²) in [6.07, 6.45) is 7.18. The number of aliphatic hydroxyl groups excluding tert-OH is 1. The zero-order chi connectivity index (χ0) is 23.0. The van der Waals surface area contributed by atoms with Crippen LogP contribution in [0.15, 0.2) is 23.8 Å². The fraction of sp³-hybridized carbons (Fsp3) is 0.769. The van der Waals surface area contributed by atoms with Crippen molar-refractivity contribution < 1.29 is 24.5 Å². The van der Waals surface area contributed by atoms with Crippen LogP contribution in [0.2, 0.25) is 0 Å². The maximum absolute atomic E-state index is 13.2. The Kier molecular flexibility index (Phi) is 5.24. The summed E-state index contributed by atoms with van der Waals surface area (Å²) >= 11 is 0. The molecule has 5 nitrogen and oxygen atoms in total. The topological polar surface area (TPSA) is 83.8 Å². The summed E-state index contributed by atoms with van der Waals surface area (Å²) in [5.41, 5.74) is -1.86. The fourth-order valence-electron chi connectivity index (χ4n) is 7.61. The molecule has 0 amide bonds. The maximum atomic E-state index is 13.2. The minimum atomic E-state index is -1.48. The summed E-state index contributed by atoms with van der Waals surface area (Å²) < 4.78 is 5.72. The van der Waals surface area contributed by atoms with Gasteiger partial charge in [-0.05, 0) is 76.4 Å². The highest BCUT2D eigenvalue weighted by molar-refractivity contribution is 6.01. The third-order valence-electron chi connectivity index (χ3n) is 9.07. The lowest BCUT2D eigenvalue weighted by atomic mass is 9.45. The van der Waals surface area contributed by atoms with Crippen molar-refractivity contribution in [2.45, 2.75) is 84.5 Å². The first-order chi connectivity index (χ1) is 14.2. The third-order valence-corrected chi connectivity index (χ3v) is 9.07. The Labute approximate surface area is 185 Å². The van der Waals surface area contributed by atoms with Gasteiger partial charge in [-0.3, -0.25) is 9.59 Å². The van der Waals surface area contributed by atoms with E-state index in [9.17, 15) is 19.8 Å². The van der Waals surface area contributed by atoms with Crippen molar-refractivity contribution >= 4 is 11.6 Å². The van der Waals surface area contributed by atoms with E-state index in [0.29, 0.717) is 12.8 Å². The summed E-state index contributed by atoms with van der Waals surface area (Å²) in [5.74, 6) is 0.305. The molecule has 8 atom stereocenters. The molecule has 0 aromatic rings. The summed E-state index contributed by atoms with van der Waals surface area (Å²) in [7, 11) is 0. The number of Topliss-reactive ketones (excluding diaryl/α,β-unsaturated/α-hetero) is 1. The van der Waals surface area contributed by atoms with E-state index in [2.05, 4.69) is 13.8 Å². The van der Waals surface area contributed by atoms with E-state index in [1.807, 2.05) is 33.8 Å². The molecular formula is C26H38O5. The molecule has 4 aliphatic rings. The average molecular weight is 431 g/mol. The van der Waals surface area contributed by atoms with Crippen molar-refractivity contribution in [3.63, 3.8) is 0 Å². The molecule has 0 aliphatic heterocycles. The molecule has 0 aromatic heterocycles. The van der Waals surface area contributed by atoms with Gasteiger partial charge in [0.2, 0.25) is 0 Å². The van der Waals surface area contributed by atoms with Crippen molar-refractivity contribution in [1.82, 2.24) is 0 Å². The van der Waals surface area contributed by atoms with Crippen molar-refractivity contribution in [3.8, 4) is 0 Å². The van der Waals surface area contributed by atoms with Gasteiger partial charge in [0.1, 0.15) is 12.2 Å². The molecule has 0 radical (unpaired) electrons. The highest BCUT2D eigenvalue weighted by Gasteiger charge is 2.68. The van der Waals surface area contributed by atoms with Gasteiger partial charge in [-0.1, -0.05) is 32.4 Å². The second-order valence-electron chi connectivity index (χ2n) is 12.0. The number of hydrogen-bond donors (Lipinski definition) is 2. The van der Waals surface area contributed by atoms with Crippen LogP contribution in [0.4, 0.5) is 0 Å². The summed E-state index contributed by atoms with van der Waals surface area (Å²) in [4.78, 5) is 25.3. The highest BCUT2D eigenvalue weighted by atomic mass is 16.5. The normalized spacial score (nSPS) is 46.8. The van der Waals surface area contributed by atoms with Crippen LogP contribution in [0.3, 0.4) is 0 Å². The van der Waals surface area contributed by atoms with Gasteiger partial charge < -0.3 is 14.9 Å². The zero-order valence-electron chi connectivity index (χ0n) is 19.8. The van der Waals surface area contributed by atoms with E-state index in [4.69, 9.17) is 4.74 Å². The van der Waals surface area contributed by atoms with Gasteiger partial charge in [0, 0.05) is 16.7 Å². The van der Waals surface area contributed by atoms with Crippen molar-refractivity contribution in [2.24, 2.45) is 34.5 Å². The standard InChI is InChI=1S/C26H38O5/c1-15-11-17-18-8-10-26(30,21(29)14-31-23(2,3)4)25(18,6)13-20(28)22(17)24(5)9-7-16(27)12-19(15)24/h7,9,12,15,17-18,20,22,28,30H,8,10-11,13-14H2,1-6H3/t15-,17-,18-,20-,22+,24-,25-,26-/m0/s1. The molecule has 172 valence electrons. The number of aliphatic hydroxyl groups is 2. The molecule has 4 aliphatic carbocycles. The number of allylic oxidation sites excluding steroid dienone is 4. The maximum Gasteiger partial charge on any atom is 0.190 e. The van der Waals surface area contributed by atoms with Crippen LogP contribution in [-0.2, 0) is 14.3 Å². The van der Waals surface area contributed by atoms with Crippen LogP contribution in [0.25, 0.3) is 0 Å². The predicted octanol–water partition coefficient (Wildman–Crippen LogP) is 3.63. The number of carbonyl (C=O) groups excluding carboxylic acids is 2. The molecular weight excluding hydrogens is 392 g/mol. The van der Waals surface area contributed by atoms with Gasteiger partial charge in [0.15, 0.2) is 11.6 Å². The van der Waals surface area contributed by atoms with Crippen LogP contribution in [0, 0.1) is 34.5 Å². The summed E-state index contributed by atoms with van der Waals surface area (Å²) in [5, 5.41) is 23.2. The second-order valence-corrected chi connectivity index (χ2v) is 12.0. The molecule has 0 saturated heterocycles. The monoisotopic (exact) mass is 430 g/mol. The van der Waals surface area contributed by atoms with Crippen LogP contribution < -0.4 is 0 Å². The fourth-order valence-corrected chi connectivity index (χ4v) is 7.61. The Morgan fingerprint density at radius 1 is 1.29 bits per heavy atom. The van der Waals surface area contributed by atoms with Gasteiger partial charge in [-0.25, -0.2) is 0 Å². The molecule has 0 spiro atoms. The number of hydrogen-bond acceptors (Lipinski definition) is 5. The lowest BCUT2D eigenvalue weighted by Gasteiger charge is -2.60. The molecule has 3 fully saturated rings. The Balaban J connectivity index is 1.67. The van der Waals surface area contributed by atoms with Gasteiger partial charge in [-0.15, -0.1) is 0 Å². The molecule has 0 heterocycles. The Hall–Kier alpha value is -1.30. The van der Waals surface area contributed by atoms with Crippen LogP contribution in [-0.4, -0.2) is 45.7 Å². The highest BCUT2D eigenvalue weighted by Crippen LogP contribution is 2.67. The molecule has 3 saturated carbocycles. The van der Waals surface area contributed by atoms with Gasteiger partial charge >= 0.3 is 0 Å². The van der Waals surface area contributed by atoms with E-state index in [-0.39, 0.29) is 47.3 Å². The van der Waals surface area contributed by atoms with Crippen molar-refractivity contribution in [2.75, 3.05) is 6.61 Å². The van der Waals surface area contributed by atoms with Crippen molar-refractivity contribution in [1.29, 1.82) is 0 Å². The van der Waals surface area contributed by atoms with Crippen LogP contribution >= 0.6 is 0 Å². The molecule has 2 N–H and O–H groups in total. The van der Waals surface area contributed by atoms with E-state index in [0.717, 1.165) is 18.4 Å². The molecule has 0 unspecified atom stereocenters. The molecule has 4 rings (SSSR count). The first-order valence-corrected chi connectivity index (χ1v) is 11.8. The van der Waals surface area contributed by atoms with Gasteiger partial charge in [0.05, 0.1) is 11.7 Å². The Bertz CT molecular complexity index is 850. The smallest absolute Gasteiger partial charge is 0.190 e. The minimum Gasteiger partial charge on any atom is -0.393 e. The lowest BCUT2D eigenvalue weighted by molar-refractivity contribution is -0.183. The summed E-state index contributed by atoms with van der Waals surface area (Å²) in [6.45, 7) is 11.9. The molecule has 0 bridgehead atoms. The molecule has 5 heteroatoms. The van der Waals surface area contributed by atoms with Gasteiger partial charge in [0.25, 0.3) is 0 Å². The quantitative estimate of drug-likeness (QED) is 0.714. The largest absolute Gasteiger partial charge is 0.393 e. The van der Waals surface area contributed by atoms with Crippen molar-refractivity contribution in [3.05, 3.63) is 23.8 Å². The van der Waals surface area contributed by atoms with Gasteiger partial charge in [-0.2, -0.15) is 0 Å². The third kappa shape index (κ3) is 3.30. The molecule has 31 heavy (non-hydrogen) atoms. The summed E-state index contributed by atoms with van der Waals surface area (Å²) in [6, 6.07) is 0. The molecule has 0 aromatic carbocycles. The van der Waals surface area contributed by atoms with Crippen LogP contribution in [0.5, 0.6) is 0 Å². The van der Waals surface area contributed by atoms with E-state index in [1.54, 1.807) is 12.2 Å². The van der Waals surface area contributed by atoms with Crippen LogP contribution in [0.1, 0.15) is 67.2 Å². The zero-order valence-corrected chi connectivity index (χ0v) is 19.8. The van der Waals surface area contributed by atoms with E-state index >= 15 is 0 Å². The minimum absolute atomic E-state index is 0.0133. The second kappa shape index (κ2) is 7.10. The number of fused-ring (bicyclic) bond motifs is 5. The lowest BCUT2D eigenvalue weighted by Crippen LogP contribution is -2.62. The SMILES string of the molecule is C[C@H]1C[C@@H]2[C@H]([C@@H](O)C[C@@]3(C)[C@H]2CC[C@]3(O)C(=O)COC(C)(C)C)[C@@]2(C)C=CC(=O)C=C12. The Morgan fingerprint density at radius 2 is 1.97 bits per heavy atom. The first kappa shape index (κ1) is 22.9. The Morgan fingerprint density at radius 3 is 2.61 bits per heavy atom. The number of carbonyl (C=O) groups is 2. The average Bonchev–Trinajstić information content (AvgIpc) is 2.92. The number of rotatable bonds is 3. The predicted molar refractivity (Wildman–Crippen MR) is 118 cm³/mol. The van der Waals surface area contributed by atoms with E-state index < -0.39 is 22.7 Å². The number of ether oxygens (including phenoxy) is 1.